The van der Waals surface area contributed by atoms with Crippen LogP contribution in [-0.4, -0.2) is 39.9 Å². The topological polar surface area (TPSA) is 102 Å². The van der Waals surface area contributed by atoms with E-state index in [-0.39, 0.29) is 42.2 Å². The number of rotatable bonds is 5. The Kier molecular flexibility index (Phi) is 4.78. The lowest BCUT2D eigenvalue weighted by atomic mass is 10.1. The highest BCUT2D eigenvalue weighted by Crippen LogP contribution is 2.20. The van der Waals surface area contributed by atoms with Crippen LogP contribution in [0, 0.1) is 18.7 Å². The van der Waals surface area contributed by atoms with Gasteiger partial charge in [0.1, 0.15) is 5.82 Å². The molecule has 1 saturated heterocycles. The number of nitrogens with two attached hydrogens (primary N) is 1. The van der Waals surface area contributed by atoms with Crippen molar-refractivity contribution in [2.24, 2.45) is 11.7 Å². The van der Waals surface area contributed by atoms with Gasteiger partial charge in [-0.25, -0.2) is 4.39 Å². The average Bonchev–Trinajstić information content (AvgIpc) is 3.24. The number of nitrogens with zero attached hydrogens (tertiary/aromatic N) is 3. The quantitative estimate of drug-likeness (QED) is 0.883. The van der Waals surface area contributed by atoms with E-state index < -0.39 is 0 Å². The summed E-state index contributed by atoms with van der Waals surface area (Å²) < 4.78 is 18.8. The Morgan fingerprint density at radius 3 is 2.92 bits per heavy atom. The molecule has 1 aromatic heterocycles. The molecule has 8 heteroatoms. The van der Waals surface area contributed by atoms with E-state index in [4.69, 9.17) is 10.3 Å². The molecule has 3 rings (SSSR count). The van der Waals surface area contributed by atoms with Crippen LogP contribution in [0.15, 0.2) is 22.7 Å². The van der Waals surface area contributed by atoms with E-state index in [2.05, 4.69) is 10.1 Å². The number of carbonyl (C=O) groups is 2. The summed E-state index contributed by atoms with van der Waals surface area (Å²) in [4.78, 5) is 29.2. The Labute approximate surface area is 144 Å². The number of aryl methyl sites for hydroxylation is 2. The van der Waals surface area contributed by atoms with Gasteiger partial charge >= 0.3 is 0 Å². The number of aromatic nitrogens is 2. The van der Waals surface area contributed by atoms with Crippen LogP contribution in [-0.2, 0) is 16.0 Å². The third-order valence-electron chi connectivity index (χ3n) is 4.39. The van der Waals surface area contributed by atoms with Crippen LogP contribution in [0.2, 0.25) is 0 Å². The highest BCUT2D eigenvalue weighted by Gasteiger charge is 2.29. The second kappa shape index (κ2) is 7.00. The largest absolute Gasteiger partial charge is 0.369 e. The van der Waals surface area contributed by atoms with Crippen LogP contribution in [0.25, 0.3) is 11.4 Å². The van der Waals surface area contributed by atoms with Crippen molar-refractivity contribution in [2.75, 3.05) is 13.1 Å². The summed E-state index contributed by atoms with van der Waals surface area (Å²) in [7, 11) is 0. The van der Waals surface area contributed by atoms with Gasteiger partial charge in [-0.1, -0.05) is 17.3 Å². The van der Waals surface area contributed by atoms with E-state index in [1.807, 2.05) is 0 Å². The van der Waals surface area contributed by atoms with E-state index in [1.54, 1.807) is 24.0 Å². The van der Waals surface area contributed by atoms with Crippen molar-refractivity contribution >= 4 is 11.8 Å². The van der Waals surface area contributed by atoms with Crippen molar-refractivity contribution < 1.29 is 18.5 Å². The summed E-state index contributed by atoms with van der Waals surface area (Å²) in [6, 6.07) is 4.71. The summed E-state index contributed by atoms with van der Waals surface area (Å²) in [6.45, 7) is 2.57. The minimum Gasteiger partial charge on any atom is -0.369 e. The summed E-state index contributed by atoms with van der Waals surface area (Å²) in [5, 5.41) is 3.83. The van der Waals surface area contributed by atoms with Crippen molar-refractivity contribution in [2.45, 2.75) is 26.2 Å². The minimum absolute atomic E-state index is 0.0788. The second-order valence-corrected chi connectivity index (χ2v) is 6.20. The van der Waals surface area contributed by atoms with Crippen LogP contribution in [0.1, 0.15) is 24.3 Å². The highest BCUT2D eigenvalue weighted by molar-refractivity contribution is 5.81. The molecule has 0 aliphatic carbocycles. The van der Waals surface area contributed by atoms with Crippen LogP contribution in [0.3, 0.4) is 0 Å². The average molecular weight is 346 g/mol. The molecule has 25 heavy (non-hydrogen) atoms. The van der Waals surface area contributed by atoms with Gasteiger partial charge in [0.05, 0.1) is 5.92 Å². The second-order valence-electron chi connectivity index (χ2n) is 6.20. The van der Waals surface area contributed by atoms with Gasteiger partial charge in [0.2, 0.25) is 23.5 Å². The third-order valence-corrected chi connectivity index (χ3v) is 4.39. The Morgan fingerprint density at radius 1 is 1.44 bits per heavy atom. The molecule has 0 saturated carbocycles. The zero-order valence-corrected chi connectivity index (χ0v) is 13.9. The lowest BCUT2D eigenvalue weighted by Crippen LogP contribution is -2.31. The normalized spacial score (nSPS) is 17.0. The summed E-state index contributed by atoms with van der Waals surface area (Å²) in [6.07, 6.45) is 1.10. The number of halogens is 1. The minimum atomic E-state index is -0.373. The number of likely N-dealkylation sites (tertiary alicyclic amines) is 1. The fourth-order valence-corrected chi connectivity index (χ4v) is 2.80. The number of benzene rings is 1. The molecule has 2 aromatic rings. The Bertz CT molecular complexity index is 805. The van der Waals surface area contributed by atoms with Crippen molar-refractivity contribution in [3.05, 3.63) is 35.5 Å². The van der Waals surface area contributed by atoms with Crippen molar-refractivity contribution in [3.8, 4) is 11.4 Å². The zero-order valence-electron chi connectivity index (χ0n) is 13.9. The predicted octanol–water partition coefficient (Wildman–Crippen LogP) is 1.45. The maximum atomic E-state index is 13.6. The van der Waals surface area contributed by atoms with Crippen LogP contribution in [0.5, 0.6) is 0 Å². The first-order valence-corrected chi connectivity index (χ1v) is 8.10. The molecule has 0 radical (unpaired) electrons. The van der Waals surface area contributed by atoms with Gasteiger partial charge in [0, 0.05) is 31.5 Å². The number of hydrogen-bond donors (Lipinski definition) is 1. The lowest BCUT2D eigenvalue weighted by Gasteiger charge is -2.15. The van der Waals surface area contributed by atoms with Crippen molar-refractivity contribution in [1.29, 1.82) is 0 Å². The summed E-state index contributed by atoms with van der Waals surface area (Å²) in [5.41, 5.74) is 6.33. The van der Waals surface area contributed by atoms with E-state index in [9.17, 15) is 14.0 Å². The molecule has 1 aliphatic heterocycles. The Balaban J connectivity index is 1.58. The van der Waals surface area contributed by atoms with Crippen LogP contribution >= 0.6 is 0 Å². The van der Waals surface area contributed by atoms with E-state index in [0.29, 0.717) is 36.5 Å². The first-order chi connectivity index (χ1) is 11.9. The lowest BCUT2D eigenvalue weighted by molar-refractivity contribution is -0.130. The molecule has 1 atom stereocenters. The first kappa shape index (κ1) is 17.1. The maximum absolute atomic E-state index is 13.6. The number of primary amides is 1. The maximum Gasteiger partial charge on any atom is 0.227 e. The number of amides is 2. The van der Waals surface area contributed by atoms with Gasteiger partial charge in [-0.3, -0.25) is 9.59 Å². The van der Waals surface area contributed by atoms with Crippen molar-refractivity contribution in [3.63, 3.8) is 0 Å². The molecule has 7 nitrogen and oxygen atoms in total. The first-order valence-electron chi connectivity index (χ1n) is 8.10. The Morgan fingerprint density at radius 2 is 2.24 bits per heavy atom. The zero-order chi connectivity index (χ0) is 18.0. The van der Waals surface area contributed by atoms with Gasteiger partial charge in [-0.05, 0) is 25.0 Å². The van der Waals surface area contributed by atoms with Crippen molar-refractivity contribution in [1.82, 2.24) is 15.0 Å². The Hall–Kier alpha value is -2.77. The van der Waals surface area contributed by atoms with Gasteiger partial charge in [-0.15, -0.1) is 0 Å². The highest BCUT2D eigenvalue weighted by atomic mass is 19.1. The molecule has 1 aromatic carbocycles. The standard InChI is InChI=1S/C17H19FN4O3/c1-10-2-3-11(8-13(10)18)17-20-14(25-21-17)4-5-15(23)22-7-6-12(9-22)16(19)24/h2-3,8,12H,4-7,9H2,1H3,(H2,19,24)/t12-/m0/s1. The van der Waals surface area contributed by atoms with Gasteiger partial charge < -0.3 is 15.2 Å². The number of carbonyl (C=O) groups excluding carboxylic acids is 2. The molecule has 1 fully saturated rings. The third kappa shape index (κ3) is 3.84. The number of hydrogen-bond acceptors (Lipinski definition) is 5. The summed E-state index contributed by atoms with van der Waals surface area (Å²) in [5.74, 6) is -0.453. The van der Waals surface area contributed by atoms with E-state index >= 15 is 0 Å². The molecule has 132 valence electrons. The van der Waals surface area contributed by atoms with Crippen LogP contribution in [0.4, 0.5) is 4.39 Å². The molecule has 2 heterocycles. The molecular formula is C17H19FN4O3. The fraction of sp³-hybridized carbons (Fsp3) is 0.412. The summed E-state index contributed by atoms with van der Waals surface area (Å²) >= 11 is 0. The van der Waals surface area contributed by atoms with Gasteiger partial charge in [0.15, 0.2) is 0 Å². The fourth-order valence-electron chi connectivity index (χ4n) is 2.80. The van der Waals surface area contributed by atoms with E-state index in [0.717, 1.165) is 0 Å². The van der Waals surface area contributed by atoms with Gasteiger partial charge in [-0.2, -0.15) is 4.98 Å². The molecule has 0 spiro atoms. The molecule has 1 aliphatic rings. The molecule has 0 unspecified atom stereocenters. The van der Waals surface area contributed by atoms with E-state index in [1.165, 1.54) is 6.07 Å². The molecular weight excluding hydrogens is 327 g/mol. The molecule has 2 amide bonds. The smallest absolute Gasteiger partial charge is 0.227 e. The van der Waals surface area contributed by atoms with Gasteiger partial charge in [0.25, 0.3) is 0 Å². The SMILES string of the molecule is Cc1ccc(-c2noc(CCC(=O)N3CC[C@H](C(N)=O)C3)n2)cc1F. The van der Waals surface area contributed by atoms with Crippen LogP contribution < -0.4 is 5.73 Å². The predicted molar refractivity (Wildman–Crippen MR) is 86.6 cm³/mol. The molecule has 2 N–H and O–H groups in total. The monoisotopic (exact) mass is 346 g/mol. The molecule has 0 bridgehead atoms.